The van der Waals surface area contributed by atoms with E-state index in [0.717, 1.165) is 32.1 Å². The molecule has 1 rings (SSSR count). The number of hydrogen-bond donors (Lipinski definition) is 2. The molecule has 0 aromatic rings. The summed E-state index contributed by atoms with van der Waals surface area (Å²) in [7, 11) is 0. The van der Waals surface area contributed by atoms with Gasteiger partial charge in [0.05, 0.1) is 12.5 Å². The molecule has 1 unspecified atom stereocenters. The van der Waals surface area contributed by atoms with Crippen LogP contribution in [0.5, 0.6) is 0 Å². The molecule has 1 saturated carbocycles. The topological polar surface area (TPSA) is 78.9 Å². The van der Waals surface area contributed by atoms with Crippen molar-refractivity contribution in [2.24, 2.45) is 11.7 Å². The minimum atomic E-state index is -0.164. The van der Waals surface area contributed by atoms with Crippen LogP contribution in [0, 0.1) is 17.2 Å². The van der Waals surface area contributed by atoms with E-state index in [1.54, 1.807) is 0 Å². The van der Waals surface area contributed by atoms with Gasteiger partial charge in [0.1, 0.15) is 0 Å². The average Bonchev–Trinajstić information content (AvgIpc) is 2.29. The smallest absolute Gasteiger partial charge is 0.220 e. The van der Waals surface area contributed by atoms with Crippen molar-refractivity contribution in [3.63, 3.8) is 0 Å². The fourth-order valence-electron chi connectivity index (χ4n) is 2.31. The van der Waals surface area contributed by atoms with Crippen molar-refractivity contribution < 1.29 is 4.79 Å². The summed E-state index contributed by atoms with van der Waals surface area (Å²) >= 11 is 0. The lowest BCUT2D eigenvalue weighted by molar-refractivity contribution is -0.122. The zero-order chi connectivity index (χ0) is 12.0. The van der Waals surface area contributed by atoms with Crippen molar-refractivity contribution in [3.8, 4) is 6.07 Å². The second-order valence-corrected chi connectivity index (χ2v) is 4.58. The van der Waals surface area contributed by atoms with Crippen LogP contribution >= 0.6 is 0 Å². The third-order valence-electron chi connectivity index (χ3n) is 3.43. The van der Waals surface area contributed by atoms with Crippen LogP contribution in [0.15, 0.2) is 0 Å². The summed E-state index contributed by atoms with van der Waals surface area (Å²) in [5.41, 5.74) is 5.29. The van der Waals surface area contributed by atoms with Crippen LogP contribution in [0.2, 0.25) is 0 Å². The molecule has 1 amide bonds. The summed E-state index contributed by atoms with van der Waals surface area (Å²) in [6.07, 6.45) is 5.30. The first-order valence-corrected chi connectivity index (χ1v) is 6.09. The number of hydrogen-bond acceptors (Lipinski definition) is 3. The Hall–Kier alpha value is -1.08. The number of nitrogens with zero attached hydrogens (tertiary/aromatic N) is 1. The monoisotopic (exact) mass is 223 g/mol. The normalized spacial score (nSPS) is 27.0. The average molecular weight is 223 g/mol. The highest BCUT2D eigenvalue weighted by molar-refractivity contribution is 5.76. The van der Waals surface area contributed by atoms with Gasteiger partial charge in [-0.3, -0.25) is 4.79 Å². The maximum atomic E-state index is 11.0. The maximum absolute atomic E-state index is 11.0. The number of carbonyl (C=O) groups is 1. The maximum Gasteiger partial charge on any atom is 0.220 e. The van der Waals surface area contributed by atoms with E-state index in [4.69, 9.17) is 11.0 Å². The van der Waals surface area contributed by atoms with Crippen LogP contribution in [-0.2, 0) is 4.79 Å². The molecule has 4 heteroatoms. The van der Waals surface area contributed by atoms with Crippen molar-refractivity contribution in [3.05, 3.63) is 0 Å². The SMILES string of the molecule is CCC(CC#N)NC1CCC(C(N)=O)CC1. The van der Waals surface area contributed by atoms with Gasteiger partial charge >= 0.3 is 0 Å². The molecule has 90 valence electrons. The lowest BCUT2D eigenvalue weighted by atomic mass is 9.85. The number of amides is 1. The molecular formula is C12H21N3O. The van der Waals surface area contributed by atoms with Crippen LogP contribution in [0.3, 0.4) is 0 Å². The van der Waals surface area contributed by atoms with Gasteiger partial charge in [-0.05, 0) is 32.1 Å². The van der Waals surface area contributed by atoms with Gasteiger partial charge in [0.25, 0.3) is 0 Å². The second kappa shape index (κ2) is 6.49. The van der Waals surface area contributed by atoms with Crippen LogP contribution in [0.1, 0.15) is 45.4 Å². The molecule has 3 N–H and O–H groups in total. The fraction of sp³-hybridized carbons (Fsp3) is 0.833. The molecule has 4 nitrogen and oxygen atoms in total. The Morgan fingerprint density at radius 2 is 2.12 bits per heavy atom. The van der Waals surface area contributed by atoms with Crippen molar-refractivity contribution in [1.29, 1.82) is 5.26 Å². The standard InChI is InChI=1S/C12H21N3O/c1-2-10(7-8-13)15-11-5-3-9(4-6-11)12(14)16/h9-11,15H,2-7H2,1H3,(H2,14,16). The highest BCUT2D eigenvalue weighted by Gasteiger charge is 2.25. The molecular weight excluding hydrogens is 202 g/mol. The summed E-state index contributed by atoms with van der Waals surface area (Å²) in [5.74, 6) is -0.100. The summed E-state index contributed by atoms with van der Waals surface area (Å²) in [4.78, 5) is 11.0. The van der Waals surface area contributed by atoms with Crippen molar-refractivity contribution in [1.82, 2.24) is 5.32 Å². The van der Waals surface area contributed by atoms with Gasteiger partial charge in [-0.2, -0.15) is 5.26 Å². The van der Waals surface area contributed by atoms with E-state index < -0.39 is 0 Å². The number of rotatable bonds is 5. The number of primary amides is 1. The van der Waals surface area contributed by atoms with Crippen molar-refractivity contribution in [2.45, 2.75) is 57.5 Å². The van der Waals surface area contributed by atoms with Crippen molar-refractivity contribution in [2.75, 3.05) is 0 Å². The van der Waals surface area contributed by atoms with Gasteiger partial charge in [-0.25, -0.2) is 0 Å². The van der Waals surface area contributed by atoms with Crippen LogP contribution in [0.4, 0.5) is 0 Å². The van der Waals surface area contributed by atoms with E-state index >= 15 is 0 Å². The summed E-state index contributed by atoms with van der Waals surface area (Å²) in [5, 5.41) is 12.2. The van der Waals surface area contributed by atoms with E-state index in [1.807, 2.05) is 0 Å². The largest absolute Gasteiger partial charge is 0.369 e. The van der Waals surface area contributed by atoms with E-state index in [-0.39, 0.29) is 11.8 Å². The van der Waals surface area contributed by atoms with Crippen LogP contribution in [-0.4, -0.2) is 18.0 Å². The fourth-order valence-corrected chi connectivity index (χ4v) is 2.31. The van der Waals surface area contributed by atoms with Crippen LogP contribution in [0.25, 0.3) is 0 Å². The highest BCUT2D eigenvalue weighted by atomic mass is 16.1. The molecule has 1 aliphatic carbocycles. The van der Waals surface area contributed by atoms with Gasteiger partial charge in [0.15, 0.2) is 0 Å². The molecule has 0 aliphatic heterocycles. The first kappa shape index (κ1) is 13.0. The number of carbonyl (C=O) groups excluding carboxylic acids is 1. The highest BCUT2D eigenvalue weighted by Crippen LogP contribution is 2.24. The first-order valence-electron chi connectivity index (χ1n) is 6.09. The molecule has 1 atom stereocenters. The molecule has 0 bridgehead atoms. The molecule has 0 aromatic heterocycles. The molecule has 0 spiro atoms. The third kappa shape index (κ3) is 3.82. The molecule has 16 heavy (non-hydrogen) atoms. The lowest BCUT2D eigenvalue weighted by Crippen LogP contribution is -2.41. The Labute approximate surface area is 97.2 Å². The Balaban J connectivity index is 2.31. The Kier molecular flexibility index (Phi) is 5.27. The van der Waals surface area contributed by atoms with Gasteiger partial charge in [-0.1, -0.05) is 6.92 Å². The lowest BCUT2D eigenvalue weighted by Gasteiger charge is -2.30. The van der Waals surface area contributed by atoms with Gasteiger partial charge in [-0.15, -0.1) is 0 Å². The molecule has 1 aliphatic rings. The van der Waals surface area contributed by atoms with Crippen LogP contribution < -0.4 is 11.1 Å². The quantitative estimate of drug-likeness (QED) is 0.737. The number of nitrogens with one attached hydrogen (secondary N) is 1. The number of nitrogens with two attached hydrogens (primary N) is 1. The van der Waals surface area contributed by atoms with E-state index in [9.17, 15) is 4.79 Å². The molecule has 0 radical (unpaired) electrons. The summed E-state index contributed by atoms with van der Waals surface area (Å²) in [6.45, 7) is 2.09. The second-order valence-electron chi connectivity index (χ2n) is 4.58. The van der Waals surface area contributed by atoms with E-state index in [0.29, 0.717) is 18.5 Å². The molecule has 1 fully saturated rings. The van der Waals surface area contributed by atoms with E-state index in [2.05, 4.69) is 18.3 Å². The zero-order valence-electron chi connectivity index (χ0n) is 9.91. The Bertz CT molecular complexity index is 264. The Morgan fingerprint density at radius 3 is 2.56 bits per heavy atom. The minimum Gasteiger partial charge on any atom is -0.369 e. The summed E-state index contributed by atoms with van der Waals surface area (Å²) < 4.78 is 0. The van der Waals surface area contributed by atoms with E-state index in [1.165, 1.54) is 0 Å². The Morgan fingerprint density at radius 1 is 1.50 bits per heavy atom. The molecule has 0 aromatic carbocycles. The zero-order valence-corrected chi connectivity index (χ0v) is 9.91. The predicted molar refractivity (Wildman–Crippen MR) is 62.4 cm³/mol. The number of nitriles is 1. The molecule has 0 heterocycles. The summed E-state index contributed by atoms with van der Waals surface area (Å²) in [6, 6.07) is 2.94. The first-order chi connectivity index (χ1) is 7.67. The van der Waals surface area contributed by atoms with Gasteiger partial charge < -0.3 is 11.1 Å². The molecule has 0 saturated heterocycles. The van der Waals surface area contributed by atoms with Gasteiger partial charge in [0, 0.05) is 18.0 Å². The predicted octanol–water partition coefficient (Wildman–Crippen LogP) is 1.31. The third-order valence-corrected chi connectivity index (χ3v) is 3.43. The minimum absolute atomic E-state index is 0.0640. The van der Waals surface area contributed by atoms with Crippen molar-refractivity contribution >= 4 is 5.91 Å². The van der Waals surface area contributed by atoms with Gasteiger partial charge in [0.2, 0.25) is 5.91 Å².